The van der Waals surface area contributed by atoms with Crippen LogP contribution in [0.5, 0.6) is 0 Å². The van der Waals surface area contributed by atoms with Crippen molar-refractivity contribution in [2.75, 3.05) is 18.5 Å². The highest BCUT2D eigenvalue weighted by atomic mass is 35.5. The van der Waals surface area contributed by atoms with Gasteiger partial charge in [-0.2, -0.15) is 0 Å². The number of halogens is 1. The van der Waals surface area contributed by atoms with Crippen LogP contribution < -0.4 is 16.2 Å². The average Bonchev–Trinajstić information content (AvgIpc) is 2.83. The molecular weight excluding hydrogens is 212 g/mol. The van der Waals surface area contributed by atoms with Gasteiger partial charge in [-0.1, -0.05) is 17.7 Å². The summed E-state index contributed by atoms with van der Waals surface area (Å²) in [6.45, 7) is 2.01. The van der Waals surface area contributed by atoms with Gasteiger partial charge in [0.05, 0.1) is 5.02 Å². The van der Waals surface area contributed by atoms with Gasteiger partial charge in [-0.15, -0.1) is 0 Å². The van der Waals surface area contributed by atoms with Crippen molar-refractivity contribution in [2.24, 2.45) is 0 Å². The molecule has 3 heterocycles. The van der Waals surface area contributed by atoms with Crippen molar-refractivity contribution in [1.82, 2.24) is 15.3 Å². The molecule has 3 N–H and O–H groups in total. The number of rotatable bonds is 1. The number of nitrogens with one attached hydrogen (secondary N) is 3. The lowest BCUT2D eigenvalue weighted by atomic mass is 10.1. The maximum absolute atomic E-state index is 6.03. The molecule has 0 aromatic carbocycles. The minimum absolute atomic E-state index is 0.195. The van der Waals surface area contributed by atoms with Gasteiger partial charge in [-0.25, -0.2) is 5.43 Å². The zero-order valence-corrected chi connectivity index (χ0v) is 9.01. The molecule has 5 heteroatoms. The molecule has 0 amide bonds. The lowest BCUT2D eigenvalue weighted by Gasteiger charge is -2.20. The number of fused-ring (bicyclic) bond motifs is 1. The summed E-state index contributed by atoms with van der Waals surface area (Å²) in [6.07, 6.45) is 5.59. The summed E-state index contributed by atoms with van der Waals surface area (Å²) in [5.41, 5.74) is 7.70. The van der Waals surface area contributed by atoms with Crippen molar-refractivity contribution in [3.8, 4) is 0 Å². The highest BCUT2D eigenvalue weighted by Crippen LogP contribution is 2.32. The Balaban J connectivity index is 1.93. The smallest absolute Gasteiger partial charge is 0.141 e. The van der Waals surface area contributed by atoms with Crippen molar-refractivity contribution in [1.29, 1.82) is 0 Å². The van der Waals surface area contributed by atoms with Gasteiger partial charge in [0.15, 0.2) is 0 Å². The first-order chi connectivity index (χ1) is 7.36. The third-order valence-corrected chi connectivity index (χ3v) is 3.18. The molecule has 1 unspecified atom stereocenters. The number of nitrogens with zero attached hydrogens (tertiary/aromatic N) is 1. The quantitative estimate of drug-likeness (QED) is 0.634. The van der Waals surface area contributed by atoms with E-state index in [1.807, 2.05) is 12.3 Å². The molecule has 1 aromatic rings. The predicted octanol–water partition coefficient (Wildman–Crippen LogP) is 1.49. The number of hydrazine groups is 1. The molecule has 2 aliphatic heterocycles. The van der Waals surface area contributed by atoms with Crippen LogP contribution in [0.25, 0.3) is 0 Å². The van der Waals surface area contributed by atoms with Crippen LogP contribution in [0.2, 0.25) is 5.02 Å². The fraction of sp³-hybridized carbons (Fsp3) is 0.400. The molecule has 0 saturated carbocycles. The summed E-state index contributed by atoms with van der Waals surface area (Å²) < 4.78 is 2.13. The minimum atomic E-state index is 0.195. The van der Waals surface area contributed by atoms with Crippen molar-refractivity contribution >= 4 is 17.4 Å². The van der Waals surface area contributed by atoms with Gasteiger partial charge in [-0.3, -0.25) is 0 Å². The van der Waals surface area contributed by atoms with Gasteiger partial charge < -0.3 is 15.3 Å². The summed E-state index contributed by atoms with van der Waals surface area (Å²) in [7, 11) is 0. The van der Waals surface area contributed by atoms with Crippen LogP contribution in [0.4, 0.5) is 5.82 Å². The summed E-state index contributed by atoms with van der Waals surface area (Å²) >= 11 is 6.03. The van der Waals surface area contributed by atoms with Gasteiger partial charge in [-0.05, 0) is 24.6 Å². The molecular formula is C10H13ClN4. The molecule has 3 rings (SSSR count). The Bertz CT molecular complexity index is 410. The van der Waals surface area contributed by atoms with Crippen LogP contribution in [0.1, 0.15) is 12.6 Å². The van der Waals surface area contributed by atoms with E-state index >= 15 is 0 Å². The molecule has 0 radical (unpaired) electrons. The van der Waals surface area contributed by atoms with E-state index in [1.54, 1.807) is 0 Å². The Morgan fingerprint density at radius 1 is 1.47 bits per heavy atom. The maximum Gasteiger partial charge on any atom is 0.141 e. The van der Waals surface area contributed by atoms with Gasteiger partial charge >= 0.3 is 0 Å². The van der Waals surface area contributed by atoms with E-state index in [2.05, 4.69) is 26.8 Å². The van der Waals surface area contributed by atoms with Crippen LogP contribution in [-0.4, -0.2) is 17.7 Å². The highest BCUT2D eigenvalue weighted by Gasteiger charge is 2.26. The summed E-state index contributed by atoms with van der Waals surface area (Å²) in [5, 5.41) is 4.13. The zero-order valence-electron chi connectivity index (χ0n) is 8.26. The van der Waals surface area contributed by atoms with E-state index in [9.17, 15) is 0 Å². The van der Waals surface area contributed by atoms with Gasteiger partial charge in [0.25, 0.3) is 0 Å². The Morgan fingerprint density at radius 2 is 2.40 bits per heavy atom. The molecule has 0 spiro atoms. The molecule has 0 bridgehead atoms. The fourth-order valence-corrected chi connectivity index (χ4v) is 2.31. The molecule has 15 heavy (non-hydrogen) atoms. The van der Waals surface area contributed by atoms with Gasteiger partial charge in [0.1, 0.15) is 12.0 Å². The molecule has 2 aliphatic rings. The summed E-state index contributed by atoms with van der Waals surface area (Å²) in [6, 6.07) is 1.91. The van der Waals surface area contributed by atoms with Gasteiger partial charge in [0.2, 0.25) is 0 Å². The van der Waals surface area contributed by atoms with Crippen LogP contribution in [-0.2, 0) is 0 Å². The molecule has 0 fully saturated rings. The zero-order chi connectivity index (χ0) is 10.3. The van der Waals surface area contributed by atoms with Crippen LogP contribution in [0.15, 0.2) is 23.9 Å². The van der Waals surface area contributed by atoms with E-state index in [4.69, 9.17) is 11.6 Å². The van der Waals surface area contributed by atoms with Crippen LogP contribution in [0, 0.1) is 0 Å². The topological polar surface area (TPSA) is 41.0 Å². The molecule has 0 aliphatic carbocycles. The SMILES string of the molecule is Clc1ccn2c1NNC2C1=CCCNC1. The van der Waals surface area contributed by atoms with Crippen molar-refractivity contribution in [3.63, 3.8) is 0 Å². The molecule has 0 saturated heterocycles. The Hall–Kier alpha value is -0.970. The van der Waals surface area contributed by atoms with Crippen LogP contribution in [0.3, 0.4) is 0 Å². The maximum atomic E-state index is 6.03. The largest absolute Gasteiger partial charge is 0.313 e. The number of aromatic nitrogens is 1. The van der Waals surface area contributed by atoms with Crippen molar-refractivity contribution in [2.45, 2.75) is 12.6 Å². The number of hydrogen-bond acceptors (Lipinski definition) is 3. The monoisotopic (exact) mass is 224 g/mol. The first-order valence-corrected chi connectivity index (χ1v) is 5.51. The second-order valence-corrected chi connectivity index (χ2v) is 4.24. The number of hydrogen-bond donors (Lipinski definition) is 3. The van der Waals surface area contributed by atoms with Crippen molar-refractivity contribution in [3.05, 3.63) is 28.9 Å². The lowest BCUT2D eigenvalue weighted by Crippen LogP contribution is -2.31. The third kappa shape index (κ3) is 1.45. The van der Waals surface area contributed by atoms with E-state index in [-0.39, 0.29) is 6.17 Å². The standard InChI is InChI=1S/C10H13ClN4/c11-8-3-5-15-9(13-14-10(8)15)7-2-1-4-12-6-7/h2-3,5,9,12-14H,1,4,6H2. The Labute approximate surface area is 93.3 Å². The molecule has 1 aromatic heterocycles. The lowest BCUT2D eigenvalue weighted by molar-refractivity contribution is 0.519. The fourth-order valence-electron chi connectivity index (χ4n) is 2.11. The molecule has 1 atom stereocenters. The molecule has 80 valence electrons. The second kappa shape index (κ2) is 3.56. The predicted molar refractivity (Wildman–Crippen MR) is 60.8 cm³/mol. The third-order valence-electron chi connectivity index (χ3n) is 2.88. The van der Waals surface area contributed by atoms with Gasteiger partial charge in [0, 0.05) is 12.7 Å². The normalized spacial score (nSPS) is 24.6. The average molecular weight is 225 g/mol. The van der Waals surface area contributed by atoms with E-state index in [0.717, 1.165) is 30.4 Å². The van der Waals surface area contributed by atoms with E-state index in [0.29, 0.717) is 0 Å². The Morgan fingerprint density at radius 3 is 3.20 bits per heavy atom. The number of anilines is 1. The van der Waals surface area contributed by atoms with Crippen LogP contribution >= 0.6 is 11.6 Å². The second-order valence-electron chi connectivity index (χ2n) is 3.84. The van der Waals surface area contributed by atoms with E-state index in [1.165, 1.54) is 5.57 Å². The summed E-state index contributed by atoms with van der Waals surface area (Å²) in [4.78, 5) is 0. The van der Waals surface area contributed by atoms with Crippen molar-refractivity contribution < 1.29 is 0 Å². The Kier molecular flexibility index (Phi) is 2.20. The van der Waals surface area contributed by atoms with E-state index < -0.39 is 0 Å². The highest BCUT2D eigenvalue weighted by molar-refractivity contribution is 6.33. The summed E-state index contributed by atoms with van der Waals surface area (Å²) in [5.74, 6) is 0.952. The molecule has 4 nitrogen and oxygen atoms in total. The first kappa shape index (κ1) is 9.27. The first-order valence-electron chi connectivity index (χ1n) is 5.14. The minimum Gasteiger partial charge on any atom is -0.313 e.